The summed E-state index contributed by atoms with van der Waals surface area (Å²) in [4.78, 5) is 0. The van der Waals surface area contributed by atoms with E-state index in [0.717, 1.165) is 23.7 Å². The summed E-state index contributed by atoms with van der Waals surface area (Å²) in [5, 5.41) is 0. The summed E-state index contributed by atoms with van der Waals surface area (Å²) in [6.07, 6.45) is 3.16. The standard InChI is InChI=1S/C12H24O/c1-8-6-7-12(11(4)13-5)10(3)9(8)2/h8-12H,6-7H2,1-5H3. The van der Waals surface area contributed by atoms with Crippen molar-refractivity contribution in [2.75, 3.05) is 7.11 Å². The number of methoxy groups -OCH3 is 1. The molecule has 1 saturated carbocycles. The van der Waals surface area contributed by atoms with Gasteiger partial charge in [-0.15, -0.1) is 0 Å². The monoisotopic (exact) mass is 184 g/mol. The average molecular weight is 184 g/mol. The van der Waals surface area contributed by atoms with E-state index in [2.05, 4.69) is 27.7 Å². The Kier molecular flexibility index (Phi) is 3.78. The van der Waals surface area contributed by atoms with Crippen molar-refractivity contribution < 1.29 is 4.74 Å². The van der Waals surface area contributed by atoms with Crippen molar-refractivity contribution in [3.63, 3.8) is 0 Å². The molecule has 0 spiro atoms. The third-order valence-electron chi connectivity index (χ3n) is 4.33. The zero-order valence-corrected chi connectivity index (χ0v) is 9.71. The van der Waals surface area contributed by atoms with Crippen molar-refractivity contribution in [3.8, 4) is 0 Å². The molecule has 1 rings (SSSR count). The quantitative estimate of drug-likeness (QED) is 0.639. The SMILES string of the molecule is COC(C)C1CCC(C)C(C)C1C. The van der Waals surface area contributed by atoms with Crippen molar-refractivity contribution in [3.05, 3.63) is 0 Å². The molecule has 1 heteroatoms. The van der Waals surface area contributed by atoms with E-state index in [-0.39, 0.29) is 0 Å². The van der Waals surface area contributed by atoms with Crippen LogP contribution in [0.15, 0.2) is 0 Å². The topological polar surface area (TPSA) is 9.23 Å². The lowest BCUT2D eigenvalue weighted by Gasteiger charge is -2.40. The Bertz CT molecular complexity index is 155. The van der Waals surface area contributed by atoms with Gasteiger partial charge in [-0.1, -0.05) is 27.2 Å². The molecule has 0 N–H and O–H groups in total. The molecule has 13 heavy (non-hydrogen) atoms. The Hall–Kier alpha value is -0.0400. The summed E-state index contributed by atoms with van der Waals surface area (Å²) in [6.45, 7) is 9.38. The van der Waals surface area contributed by atoms with Crippen molar-refractivity contribution in [2.24, 2.45) is 23.7 Å². The number of rotatable bonds is 2. The minimum atomic E-state index is 0.435. The second-order valence-corrected chi connectivity index (χ2v) is 4.88. The highest BCUT2D eigenvalue weighted by atomic mass is 16.5. The van der Waals surface area contributed by atoms with Gasteiger partial charge in [0.25, 0.3) is 0 Å². The van der Waals surface area contributed by atoms with Crippen LogP contribution in [0.5, 0.6) is 0 Å². The molecule has 1 aliphatic carbocycles. The Balaban J connectivity index is 2.58. The number of hydrogen-bond acceptors (Lipinski definition) is 1. The van der Waals surface area contributed by atoms with Gasteiger partial charge in [0.1, 0.15) is 0 Å². The highest BCUT2D eigenvalue weighted by molar-refractivity contribution is 4.83. The van der Waals surface area contributed by atoms with E-state index in [1.165, 1.54) is 12.8 Å². The molecular formula is C12H24O. The van der Waals surface area contributed by atoms with Crippen LogP contribution in [-0.4, -0.2) is 13.2 Å². The van der Waals surface area contributed by atoms with Gasteiger partial charge < -0.3 is 4.74 Å². The summed E-state index contributed by atoms with van der Waals surface area (Å²) in [6, 6.07) is 0. The van der Waals surface area contributed by atoms with Crippen molar-refractivity contribution in [1.82, 2.24) is 0 Å². The van der Waals surface area contributed by atoms with Crippen LogP contribution in [0.4, 0.5) is 0 Å². The third kappa shape index (κ3) is 2.25. The molecule has 0 bridgehead atoms. The molecule has 5 unspecified atom stereocenters. The first-order valence-corrected chi connectivity index (χ1v) is 5.60. The van der Waals surface area contributed by atoms with Crippen LogP contribution >= 0.6 is 0 Å². The molecule has 78 valence electrons. The summed E-state index contributed by atoms with van der Waals surface area (Å²) < 4.78 is 5.44. The predicted molar refractivity (Wildman–Crippen MR) is 56.7 cm³/mol. The molecule has 1 nitrogen and oxygen atoms in total. The highest BCUT2D eigenvalue weighted by Gasteiger charge is 2.34. The Labute approximate surface area is 82.9 Å². The van der Waals surface area contributed by atoms with Crippen LogP contribution < -0.4 is 0 Å². The molecule has 0 aromatic rings. The zero-order valence-electron chi connectivity index (χ0n) is 9.71. The van der Waals surface area contributed by atoms with Crippen LogP contribution in [0.2, 0.25) is 0 Å². The van der Waals surface area contributed by atoms with E-state index in [0.29, 0.717) is 6.10 Å². The smallest absolute Gasteiger partial charge is 0.0574 e. The average Bonchev–Trinajstić information content (AvgIpc) is 2.13. The summed E-state index contributed by atoms with van der Waals surface area (Å²) >= 11 is 0. The van der Waals surface area contributed by atoms with Crippen molar-refractivity contribution >= 4 is 0 Å². The maximum atomic E-state index is 5.44. The van der Waals surface area contributed by atoms with Gasteiger partial charge in [0.2, 0.25) is 0 Å². The summed E-state index contributed by atoms with van der Waals surface area (Å²) in [5.41, 5.74) is 0. The second-order valence-electron chi connectivity index (χ2n) is 4.88. The van der Waals surface area contributed by atoms with E-state index >= 15 is 0 Å². The van der Waals surface area contributed by atoms with Crippen LogP contribution in [0.25, 0.3) is 0 Å². The van der Waals surface area contributed by atoms with Gasteiger partial charge >= 0.3 is 0 Å². The van der Waals surface area contributed by atoms with Crippen LogP contribution in [0.1, 0.15) is 40.5 Å². The molecule has 0 aromatic heterocycles. The fourth-order valence-electron chi connectivity index (χ4n) is 2.73. The van der Waals surface area contributed by atoms with E-state index in [4.69, 9.17) is 4.74 Å². The van der Waals surface area contributed by atoms with E-state index in [1.807, 2.05) is 7.11 Å². The molecule has 0 saturated heterocycles. The molecule has 1 fully saturated rings. The van der Waals surface area contributed by atoms with Gasteiger partial charge in [0.15, 0.2) is 0 Å². The normalized spacial score (nSPS) is 43.2. The molecule has 0 amide bonds. The fourth-order valence-corrected chi connectivity index (χ4v) is 2.73. The second kappa shape index (κ2) is 4.45. The van der Waals surface area contributed by atoms with Gasteiger partial charge in [-0.25, -0.2) is 0 Å². The lowest BCUT2D eigenvalue weighted by molar-refractivity contribution is -0.00362. The molecule has 0 aromatic carbocycles. The number of hydrogen-bond donors (Lipinski definition) is 0. The highest BCUT2D eigenvalue weighted by Crippen LogP contribution is 2.40. The lowest BCUT2D eigenvalue weighted by atomic mass is 9.67. The zero-order chi connectivity index (χ0) is 10.0. The summed E-state index contributed by atoms with van der Waals surface area (Å²) in [5.74, 6) is 3.35. The Morgan fingerprint density at radius 2 is 1.69 bits per heavy atom. The summed E-state index contributed by atoms with van der Waals surface area (Å²) in [7, 11) is 1.83. The number of ether oxygens (including phenoxy) is 1. The molecule has 0 heterocycles. The molecule has 1 aliphatic rings. The first-order valence-electron chi connectivity index (χ1n) is 5.60. The molecule has 0 radical (unpaired) electrons. The van der Waals surface area contributed by atoms with Gasteiger partial charge in [-0.3, -0.25) is 0 Å². The van der Waals surface area contributed by atoms with Gasteiger partial charge in [0, 0.05) is 7.11 Å². The maximum absolute atomic E-state index is 5.44. The van der Waals surface area contributed by atoms with E-state index in [1.54, 1.807) is 0 Å². The minimum absolute atomic E-state index is 0.435. The van der Waals surface area contributed by atoms with Gasteiger partial charge in [-0.05, 0) is 37.0 Å². The van der Waals surface area contributed by atoms with Crippen molar-refractivity contribution in [1.29, 1.82) is 0 Å². The Morgan fingerprint density at radius 3 is 2.23 bits per heavy atom. The Morgan fingerprint density at radius 1 is 1.08 bits per heavy atom. The van der Waals surface area contributed by atoms with Gasteiger partial charge in [-0.2, -0.15) is 0 Å². The van der Waals surface area contributed by atoms with E-state index in [9.17, 15) is 0 Å². The van der Waals surface area contributed by atoms with Crippen LogP contribution in [0.3, 0.4) is 0 Å². The lowest BCUT2D eigenvalue weighted by Crippen LogP contribution is -2.36. The van der Waals surface area contributed by atoms with Crippen LogP contribution in [0, 0.1) is 23.7 Å². The first-order chi connectivity index (χ1) is 6.07. The maximum Gasteiger partial charge on any atom is 0.0574 e. The third-order valence-corrected chi connectivity index (χ3v) is 4.33. The van der Waals surface area contributed by atoms with Crippen molar-refractivity contribution in [2.45, 2.75) is 46.6 Å². The fraction of sp³-hybridized carbons (Fsp3) is 1.00. The molecule has 5 atom stereocenters. The first kappa shape index (κ1) is 11.0. The van der Waals surface area contributed by atoms with Crippen LogP contribution in [-0.2, 0) is 4.74 Å². The largest absolute Gasteiger partial charge is 0.381 e. The molecular weight excluding hydrogens is 160 g/mol. The van der Waals surface area contributed by atoms with Gasteiger partial charge in [0.05, 0.1) is 6.10 Å². The molecule has 0 aliphatic heterocycles. The van der Waals surface area contributed by atoms with E-state index < -0.39 is 0 Å². The minimum Gasteiger partial charge on any atom is -0.381 e. The predicted octanol–water partition coefficient (Wildman–Crippen LogP) is 3.34.